The Kier molecular flexibility index (Phi) is 4.54. The highest BCUT2D eigenvalue weighted by molar-refractivity contribution is 9.10. The van der Waals surface area contributed by atoms with Gasteiger partial charge in [-0.3, -0.25) is 0 Å². The molecule has 0 heterocycles. The molecule has 1 rings (SSSR count). The number of rotatable bonds is 4. The molecule has 15 heavy (non-hydrogen) atoms. The largest absolute Gasteiger partial charge is 0.393 e. The Morgan fingerprint density at radius 1 is 1.60 bits per heavy atom. The van der Waals surface area contributed by atoms with Crippen LogP contribution in [0.2, 0.25) is 0 Å². The van der Waals surface area contributed by atoms with Crippen LogP contribution in [0.25, 0.3) is 0 Å². The van der Waals surface area contributed by atoms with E-state index < -0.39 is 0 Å². The first-order chi connectivity index (χ1) is 6.99. The summed E-state index contributed by atoms with van der Waals surface area (Å²) in [7, 11) is 0. The van der Waals surface area contributed by atoms with Crippen LogP contribution in [0.1, 0.15) is 18.9 Å². The lowest BCUT2D eigenvalue weighted by Gasteiger charge is -2.15. The molecule has 0 aliphatic heterocycles. The molecule has 2 nitrogen and oxygen atoms in total. The van der Waals surface area contributed by atoms with E-state index in [9.17, 15) is 0 Å². The lowest BCUT2D eigenvalue weighted by atomic mass is 10.2. The molecule has 0 aliphatic rings. The summed E-state index contributed by atoms with van der Waals surface area (Å²) in [4.78, 5) is 0.545. The maximum absolute atomic E-state index is 5.48. The van der Waals surface area contributed by atoms with Gasteiger partial charge in [0.1, 0.15) is 0 Å². The summed E-state index contributed by atoms with van der Waals surface area (Å²) in [6.07, 6.45) is 0.713. The molecule has 0 bridgehead atoms. The molecule has 4 heteroatoms. The molecule has 1 aromatic carbocycles. The van der Waals surface area contributed by atoms with Gasteiger partial charge in [0.25, 0.3) is 0 Å². The molecule has 0 aromatic heterocycles. The van der Waals surface area contributed by atoms with Crippen molar-refractivity contribution in [2.24, 2.45) is 5.73 Å². The van der Waals surface area contributed by atoms with E-state index in [0.717, 1.165) is 10.2 Å². The van der Waals surface area contributed by atoms with Gasteiger partial charge in [0.05, 0.1) is 4.99 Å². The third-order valence-electron chi connectivity index (χ3n) is 2.08. The minimum atomic E-state index is 0.267. The molecule has 0 radical (unpaired) electrons. The van der Waals surface area contributed by atoms with Crippen molar-refractivity contribution in [3.63, 3.8) is 0 Å². The number of anilines is 1. The Balaban J connectivity index is 2.64. The third-order valence-corrected chi connectivity index (χ3v) is 3.13. The van der Waals surface area contributed by atoms with Gasteiger partial charge in [-0.2, -0.15) is 0 Å². The van der Waals surface area contributed by atoms with Gasteiger partial charge in [-0.05, 0) is 37.6 Å². The van der Waals surface area contributed by atoms with E-state index in [-0.39, 0.29) is 6.04 Å². The number of hydrogen-bond donors (Lipinski definition) is 2. The quantitative estimate of drug-likeness (QED) is 0.835. The highest BCUT2D eigenvalue weighted by Gasteiger charge is 2.04. The Hall–Kier alpha value is -0.610. The first-order valence-corrected chi connectivity index (χ1v) is 6.00. The molecule has 0 saturated heterocycles. The maximum atomic E-state index is 5.48. The van der Waals surface area contributed by atoms with Crippen molar-refractivity contribution in [2.75, 3.05) is 5.32 Å². The number of thiocarbonyl (C=S) groups is 1. The summed E-state index contributed by atoms with van der Waals surface area (Å²) in [5.41, 5.74) is 7.79. The topological polar surface area (TPSA) is 38.0 Å². The van der Waals surface area contributed by atoms with E-state index in [1.54, 1.807) is 0 Å². The van der Waals surface area contributed by atoms with Crippen molar-refractivity contribution in [1.82, 2.24) is 0 Å². The maximum Gasteiger partial charge on any atom is 0.0747 e. The van der Waals surface area contributed by atoms with E-state index in [0.29, 0.717) is 11.4 Å². The number of nitrogens with one attached hydrogen (secondary N) is 1. The smallest absolute Gasteiger partial charge is 0.0747 e. The molecule has 1 atom stereocenters. The SMILES string of the molecule is Cc1cc(NC(C)CC(N)=S)ccc1Br. The van der Waals surface area contributed by atoms with E-state index in [4.69, 9.17) is 18.0 Å². The Morgan fingerprint density at radius 2 is 2.27 bits per heavy atom. The fraction of sp³-hybridized carbons (Fsp3) is 0.364. The second-order valence-electron chi connectivity index (χ2n) is 3.68. The van der Waals surface area contributed by atoms with Crippen LogP contribution in [0.5, 0.6) is 0 Å². The van der Waals surface area contributed by atoms with Crippen LogP contribution in [0.4, 0.5) is 5.69 Å². The Labute approximate surface area is 104 Å². The van der Waals surface area contributed by atoms with Gasteiger partial charge in [-0.25, -0.2) is 0 Å². The van der Waals surface area contributed by atoms with Gasteiger partial charge < -0.3 is 11.1 Å². The lowest BCUT2D eigenvalue weighted by molar-refractivity contribution is 0.839. The predicted molar refractivity (Wildman–Crippen MR) is 73.4 cm³/mol. The predicted octanol–water partition coefficient (Wildman–Crippen LogP) is 3.23. The molecule has 0 aliphatic carbocycles. The fourth-order valence-electron chi connectivity index (χ4n) is 1.37. The van der Waals surface area contributed by atoms with E-state index in [1.165, 1.54) is 5.56 Å². The first-order valence-electron chi connectivity index (χ1n) is 4.80. The Bertz CT molecular complexity index is 366. The number of nitrogens with two attached hydrogens (primary N) is 1. The van der Waals surface area contributed by atoms with Crippen molar-refractivity contribution in [3.8, 4) is 0 Å². The molecule has 3 N–H and O–H groups in total. The zero-order valence-electron chi connectivity index (χ0n) is 8.88. The van der Waals surface area contributed by atoms with Gasteiger partial charge in [-0.1, -0.05) is 28.1 Å². The van der Waals surface area contributed by atoms with Gasteiger partial charge in [-0.15, -0.1) is 0 Å². The summed E-state index contributed by atoms with van der Waals surface area (Å²) < 4.78 is 1.12. The summed E-state index contributed by atoms with van der Waals surface area (Å²) in [5, 5.41) is 3.35. The summed E-state index contributed by atoms with van der Waals surface area (Å²) in [5.74, 6) is 0. The number of hydrogen-bond acceptors (Lipinski definition) is 2. The number of aryl methyl sites for hydroxylation is 1. The summed E-state index contributed by atoms with van der Waals surface area (Å²) >= 11 is 8.33. The second-order valence-corrected chi connectivity index (χ2v) is 5.06. The van der Waals surface area contributed by atoms with Crippen molar-refractivity contribution in [1.29, 1.82) is 0 Å². The minimum absolute atomic E-state index is 0.267. The molecular formula is C11H15BrN2S. The third kappa shape index (κ3) is 4.18. The van der Waals surface area contributed by atoms with Crippen LogP contribution in [0, 0.1) is 6.92 Å². The van der Waals surface area contributed by atoms with Crippen LogP contribution in [0.3, 0.4) is 0 Å². The van der Waals surface area contributed by atoms with E-state index in [1.807, 2.05) is 12.1 Å². The lowest BCUT2D eigenvalue weighted by Crippen LogP contribution is -2.22. The Morgan fingerprint density at radius 3 is 2.80 bits per heavy atom. The standard InChI is InChI=1S/C11H15BrN2S/c1-7-5-9(3-4-10(7)12)14-8(2)6-11(13)15/h3-5,8,14H,6H2,1-2H3,(H2,13,15). The van der Waals surface area contributed by atoms with Crippen LogP contribution in [-0.4, -0.2) is 11.0 Å². The molecular weight excluding hydrogens is 272 g/mol. The normalized spacial score (nSPS) is 12.2. The zero-order valence-corrected chi connectivity index (χ0v) is 11.3. The van der Waals surface area contributed by atoms with Crippen LogP contribution < -0.4 is 11.1 Å². The molecule has 1 unspecified atom stereocenters. The molecule has 0 spiro atoms. The molecule has 0 amide bonds. The van der Waals surface area contributed by atoms with Crippen molar-refractivity contribution < 1.29 is 0 Å². The van der Waals surface area contributed by atoms with Crippen LogP contribution >= 0.6 is 28.1 Å². The minimum Gasteiger partial charge on any atom is -0.393 e. The highest BCUT2D eigenvalue weighted by Crippen LogP contribution is 2.20. The molecule has 1 aromatic rings. The van der Waals surface area contributed by atoms with Crippen molar-refractivity contribution in [2.45, 2.75) is 26.3 Å². The first kappa shape index (κ1) is 12.5. The second kappa shape index (κ2) is 5.47. The average Bonchev–Trinajstić information content (AvgIpc) is 2.10. The van der Waals surface area contributed by atoms with Crippen molar-refractivity contribution >= 4 is 38.8 Å². The molecule has 0 fully saturated rings. The number of benzene rings is 1. The monoisotopic (exact) mass is 286 g/mol. The number of halogens is 1. The average molecular weight is 287 g/mol. The fourth-order valence-corrected chi connectivity index (χ4v) is 1.87. The van der Waals surface area contributed by atoms with E-state index >= 15 is 0 Å². The van der Waals surface area contributed by atoms with Crippen molar-refractivity contribution in [3.05, 3.63) is 28.2 Å². The highest BCUT2D eigenvalue weighted by atomic mass is 79.9. The zero-order chi connectivity index (χ0) is 11.4. The van der Waals surface area contributed by atoms with Crippen LogP contribution in [-0.2, 0) is 0 Å². The van der Waals surface area contributed by atoms with Gasteiger partial charge >= 0.3 is 0 Å². The van der Waals surface area contributed by atoms with E-state index in [2.05, 4.69) is 41.2 Å². The van der Waals surface area contributed by atoms with Gasteiger partial charge in [0.2, 0.25) is 0 Å². The van der Waals surface area contributed by atoms with Crippen LogP contribution in [0.15, 0.2) is 22.7 Å². The van der Waals surface area contributed by atoms with Gasteiger partial charge in [0, 0.05) is 22.6 Å². The summed E-state index contributed by atoms with van der Waals surface area (Å²) in [6, 6.07) is 6.43. The summed E-state index contributed by atoms with van der Waals surface area (Å²) in [6.45, 7) is 4.13. The molecule has 0 saturated carbocycles. The molecule has 82 valence electrons. The van der Waals surface area contributed by atoms with Gasteiger partial charge in [0.15, 0.2) is 0 Å².